The van der Waals surface area contributed by atoms with Crippen molar-refractivity contribution in [1.29, 1.82) is 0 Å². The highest BCUT2D eigenvalue weighted by Crippen LogP contribution is 2.62. The number of carbonyl (C=O) groups excluding carboxylic acids is 3. The molecule has 0 spiro atoms. The number of ketones is 3. The van der Waals surface area contributed by atoms with Crippen LogP contribution in [0.4, 0.5) is 0 Å². The fourth-order valence-corrected chi connectivity index (χ4v) is 4.05. The van der Waals surface area contributed by atoms with Crippen LogP contribution in [-0.2, 0) is 14.4 Å². The molecule has 0 aliphatic heterocycles. The highest BCUT2D eigenvalue weighted by Gasteiger charge is 2.69. The molecule has 0 amide bonds. The molecular weight excluding hydrogens is 280 g/mol. The Morgan fingerprint density at radius 2 is 1.68 bits per heavy atom. The highest BCUT2D eigenvalue weighted by atomic mass is 16.3. The smallest absolute Gasteiger partial charge is 0.183 e. The maximum absolute atomic E-state index is 13.1. The lowest BCUT2D eigenvalue weighted by atomic mass is 9.43. The molecule has 4 nitrogen and oxygen atoms in total. The van der Waals surface area contributed by atoms with Gasteiger partial charge in [-0.2, -0.15) is 0 Å². The fraction of sp³-hybridized carbons (Fsp3) is 0.722. The van der Waals surface area contributed by atoms with Gasteiger partial charge in [-0.1, -0.05) is 34.6 Å². The number of aliphatic hydroxyl groups is 1. The first kappa shape index (κ1) is 16.9. The molecule has 0 heterocycles. The third kappa shape index (κ3) is 1.67. The first-order valence-electron chi connectivity index (χ1n) is 7.91. The van der Waals surface area contributed by atoms with E-state index in [1.54, 1.807) is 27.7 Å². The molecule has 2 bridgehead atoms. The average Bonchev–Trinajstić information content (AvgIpc) is 2.42. The Morgan fingerprint density at radius 1 is 1.18 bits per heavy atom. The Labute approximate surface area is 132 Å². The summed E-state index contributed by atoms with van der Waals surface area (Å²) in [7, 11) is 0. The topological polar surface area (TPSA) is 71.4 Å². The number of carbonyl (C=O) groups is 3. The van der Waals surface area contributed by atoms with Crippen molar-refractivity contribution in [2.24, 2.45) is 28.1 Å². The van der Waals surface area contributed by atoms with Crippen LogP contribution < -0.4 is 0 Å². The minimum atomic E-state index is -1.27. The van der Waals surface area contributed by atoms with E-state index in [4.69, 9.17) is 0 Å². The summed E-state index contributed by atoms with van der Waals surface area (Å²) in [6, 6.07) is 0. The zero-order valence-corrected chi connectivity index (χ0v) is 14.5. The molecular formula is C18H26O4. The van der Waals surface area contributed by atoms with Gasteiger partial charge in [0.25, 0.3) is 0 Å². The molecule has 122 valence electrons. The van der Waals surface area contributed by atoms with Gasteiger partial charge in [-0.25, -0.2) is 0 Å². The van der Waals surface area contributed by atoms with E-state index in [0.29, 0.717) is 6.42 Å². The molecule has 0 aromatic heterocycles. The van der Waals surface area contributed by atoms with Crippen molar-refractivity contribution in [3.05, 3.63) is 11.3 Å². The van der Waals surface area contributed by atoms with E-state index in [2.05, 4.69) is 0 Å². The SMILES string of the molecule is CC(C)C(=O)C1=C(O)C2(C)CC(C)C(C)(C)C(C)(C1=O)C2=O. The number of Topliss-reactive ketones (excluding diaryl/α,β-unsaturated/α-hetero) is 3. The van der Waals surface area contributed by atoms with E-state index in [-0.39, 0.29) is 28.8 Å². The summed E-state index contributed by atoms with van der Waals surface area (Å²) in [5.74, 6) is -1.79. The Balaban J connectivity index is 2.82. The van der Waals surface area contributed by atoms with Crippen molar-refractivity contribution in [3.8, 4) is 0 Å². The van der Waals surface area contributed by atoms with Crippen LogP contribution in [0.5, 0.6) is 0 Å². The van der Waals surface area contributed by atoms with Crippen molar-refractivity contribution in [2.45, 2.75) is 54.9 Å². The van der Waals surface area contributed by atoms with Gasteiger partial charge in [-0.15, -0.1) is 0 Å². The molecule has 1 saturated carbocycles. The van der Waals surface area contributed by atoms with Crippen molar-refractivity contribution in [2.75, 3.05) is 0 Å². The molecule has 22 heavy (non-hydrogen) atoms. The Kier molecular flexibility index (Phi) is 3.48. The summed E-state index contributed by atoms with van der Waals surface area (Å²) in [5, 5.41) is 10.6. The fourth-order valence-electron chi connectivity index (χ4n) is 4.05. The van der Waals surface area contributed by atoms with Gasteiger partial charge in [0.2, 0.25) is 0 Å². The van der Waals surface area contributed by atoms with Gasteiger partial charge >= 0.3 is 0 Å². The average molecular weight is 306 g/mol. The molecule has 0 aromatic carbocycles. The lowest BCUT2D eigenvalue weighted by Crippen LogP contribution is -2.65. The summed E-state index contributed by atoms with van der Waals surface area (Å²) in [5.41, 5.74) is -3.13. The largest absolute Gasteiger partial charge is 0.510 e. The monoisotopic (exact) mass is 306 g/mol. The van der Waals surface area contributed by atoms with Crippen molar-refractivity contribution in [1.82, 2.24) is 0 Å². The summed E-state index contributed by atoms with van der Waals surface area (Å²) in [6.45, 7) is 12.5. The maximum Gasteiger partial charge on any atom is 0.183 e. The molecule has 3 atom stereocenters. The van der Waals surface area contributed by atoms with Crippen LogP contribution in [0.3, 0.4) is 0 Å². The lowest BCUT2D eigenvalue weighted by molar-refractivity contribution is -0.167. The Hall–Kier alpha value is -1.45. The third-order valence-electron chi connectivity index (χ3n) is 6.40. The summed E-state index contributed by atoms with van der Waals surface area (Å²) < 4.78 is 0. The van der Waals surface area contributed by atoms with Crippen LogP contribution in [0.25, 0.3) is 0 Å². The molecule has 0 radical (unpaired) electrons. The van der Waals surface area contributed by atoms with E-state index >= 15 is 0 Å². The molecule has 3 unspecified atom stereocenters. The number of fused-ring (bicyclic) bond motifs is 2. The second-order valence-corrected chi connectivity index (χ2v) is 8.18. The van der Waals surface area contributed by atoms with Gasteiger partial charge in [-0.3, -0.25) is 14.4 Å². The number of allylic oxidation sites excluding steroid dienone is 2. The van der Waals surface area contributed by atoms with Gasteiger partial charge in [0.15, 0.2) is 17.3 Å². The van der Waals surface area contributed by atoms with Crippen molar-refractivity contribution >= 4 is 17.3 Å². The van der Waals surface area contributed by atoms with Crippen LogP contribution in [0.1, 0.15) is 54.9 Å². The second-order valence-electron chi connectivity index (χ2n) is 8.18. The number of rotatable bonds is 2. The van der Waals surface area contributed by atoms with E-state index < -0.39 is 27.9 Å². The van der Waals surface area contributed by atoms with E-state index in [1.807, 2.05) is 20.8 Å². The second kappa shape index (κ2) is 4.53. The molecule has 0 saturated heterocycles. The minimum Gasteiger partial charge on any atom is -0.510 e. The highest BCUT2D eigenvalue weighted by molar-refractivity contribution is 6.31. The first-order valence-corrected chi connectivity index (χ1v) is 7.91. The molecule has 1 N–H and O–H groups in total. The summed E-state index contributed by atoms with van der Waals surface area (Å²) in [6.07, 6.45) is 0.447. The van der Waals surface area contributed by atoms with Gasteiger partial charge in [0, 0.05) is 5.92 Å². The third-order valence-corrected chi connectivity index (χ3v) is 6.40. The quantitative estimate of drug-likeness (QED) is 0.628. The van der Waals surface area contributed by atoms with Gasteiger partial charge in [-0.05, 0) is 31.6 Å². The maximum atomic E-state index is 13.1. The van der Waals surface area contributed by atoms with E-state index in [1.165, 1.54) is 0 Å². The molecule has 2 rings (SSSR count). The van der Waals surface area contributed by atoms with Crippen LogP contribution in [0.15, 0.2) is 11.3 Å². The van der Waals surface area contributed by atoms with Gasteiger partial charge in [0.1, 0.15) is 11.3 Å². The van der Waals surface area contributed by atoms with Gasteiger partial charge < -0.3 is 5.11 Å². The molecule has 2 aliphatic carbocycles. The zero-order chi connectivity index (χ0) is 17.2. The molecule has 0 aromatic rings. The molecule has 4 heteroatoms. The van der Waals surface area contributed by atoms with Crippen molar-refractivity contribution in [3.63, 3.8) is 0 Å². The van der Waals surface area contributed by atoms with Crippen molar-refractivity contribution < 1.29 is 19.5 Å². The molecule has 2 aliphatic rings. The number of hydrogen-bond donors (Lipinski definition) is 1. The van der Waals surface area contributed by atoms with Crippen LogP contribution >= 0.6 is 0 Å². The molecule has 1 fully saturated rings. The van der Waals surface area contributed by atoms with Crippen LogP contribution in [0, 0.1) is 28.1 Å². The van der Waals surface area contributed by atoms with Crippen LogP contribution in [0.2, 0.25) is 0 Å². The zero-order valence-electron chi connectivity index (χ0n) is 14.5. The Morgan fingerprint density at radius 3 is 2.14 bits per heavy atom. The number of hydrogen-bond acceptors (Lipinski definition) is 4. The normalized spacial score (nSPS) is 37.7. The summed E-state index contributed by atoms with van der Waals surface area (Å²) >= 11 is 0. The number of aliphatic hydroxyl groups excluding tert-OH is 1. The predicted molar refractivity (Wildman–Crippen MR) is 83.3 cm³/mol. The van der Waals surface area contributed by atoms with Crippen LogP contribution in [-0.4, -0.2) is 22.5 Å². The minimum absolute atomic E-state index is 0.0713. The van der Waals surface area contributed by atoms with E-state index in [9.17, 15) is 19.5 Å². The predicted octanol–water partition coefficient (Wildman–Crippen LogP) is 3.25. The Bertz CT molecular complexity index is 611. The van der Waals surface area contributed by atoms with Gasteiger partial charge in [0.05, 0.1) is 10.8 Å². The van der Waals surface area contributed by atoms with E-state index in [0.717, 1.165) is 0 Å². The first-order chi connectivity index (χ1) is 9.83. The lowest BCUT2D eigenvalue weighted by Gasteiger charge is -2.57. The standard InChI is InChI=1S/C18H26O4/c1-9(2)12(19)11-13(20)17(6)8-10(3)16(4,5)18(7,14(11)21)15(17)22/h9-10,20H,8H2,1-7H3. The summed E-state index contributed by atoms with van der Waals surface area (Å²) in [4.78, 5) is 38.6.